The first-order valence-corrected chi connectivity index (χ1v) is 10.2. The van der Waals surface area contributed by atoms with Crippen LogP contribution in [0.15, 0.2) is 47.5 Å². The number of hydrogen-bond acceptors (Lipinski definition) is 7. The maximum atomic E-state index is 12.5. The average Bonchev–Trinajstić information content (AvgIpc) is 2.77. The third-order valence-electron chi connectivity index (χ3n) is 4.20. The summed E-state index contributed by atoms with van der Waals surface area (Å²) >= 11 is 1.20. The number of rotatable bonds is 8. The number of benzene rings is 2. The molecule has 1 heterocycles. The summed E-state index contributed by atoms with van der Waals surface area (Å²) in [6.45, 7) is 2.47. The topological polar surface area (TPSA) is 93.5 Å². The molecule has 7 nitrogen and oxygen atoms in total. The molecule has 154 valence electrons. The highest BCUT2D eigenvalue weighted by atomic mass is 32.2. The molecule has 30 heavy (non-hydrogen) atoms. The van der Waals surface area contributed by atoms with E-state index < -0.39 is 0 Å². The zero-order chi connectivity index (χ0) is 21.5. The Balaban J connectivity index is 1.76. The summed E-state index contributed by atoms with van der Waals surface area (Å²) < 4.78 is 16.0. The van der Waals surface area contributed by atoms with Crippen LogP contribution in [-0.4, -0.2) is 37.5 Å². The molecule has 0 bridgehead atoms. The van der Waals surface area contributed by atoms with Crippen molar-refractivity contribution in [3.63, 3.8) is 0 Å². The lowest BCUT2D eigenvalue weighted by atomic mass is 10.1. The fourth-order valence-corrected chi connectivity index (χ4v) is 3.58. The first-order chi connectivity index (χ1) is 14.6. The van der Waals surface area contributed by atoms with Crippen LogP contribution in [0.2, 0.25) is 0 Å². The monoisotopic (exact) mass is 423 g/mol. The van der Waals surface area contributed by atoms with Gasteiger partial charge in [0.2, 0.25) is 5.91 Å². The number of amides is 1. The minimum atomic E-state index is -0.246. The smallest absolute Gasteiger partial charge is 0.234 e. The number of nitrogens with one attached hydrogen (secondary N) is 1. The van der Waals surface area contributed by atoms with E-state index in [0.29, 0.717) is 34.4 Å². The van der Waals surface area contributed by atoms with Gasteiger partial charge in [-0.2, -0.15) is 5.26 Å². The quantitative estimate of drug-likeness (QED) is 0.541. The Morgan fingerprint density at radius 3 is 2.63 bits per heavy atom. The van der Waals surface area contributed by atoms with E-state index >= 15 is 0 Å². The number of carbonyl (C=O) groups is 1. The highest BCUT2D eigenvalue weighted by molar-refractivity contribution is 8.00. The van der Waals surface area contributed by atoms with E-state index in [1.165, 1.54) is 18.9 Å². The van der Waals surface area contributed by atoms with Crippen LogP contribution in [0.1, 0.15) is 12.5 Å². The van der Waals surface area contributed by atoms with Crippen molar-refractivity contribution in [2.45, 2.75) is 11.9 Å². The second-order valence-corrected chi connectivity index (χ2v) is 7.11. The van der Waals surface area contributed by atoms with E-state index in [1.54, 1.807) is 31.4 Å². The summed E-state index contributed by atoms with van der Waals surface area (Å²) in [5.41, 5.74) is 1.65. The fraction of sp³-hybridized carbons (Fsp3) is 0.227. The van der Waals surface area contributed by atoms with Crippen molar-refractivity contribution in [1.29, 1.82) is 5.26 Å². The van der Waals surface area contributed by atoms with Crippen LogP contribution in [0.5, 0.6) is 17.2 Å². The third kappa shape index (κ3) is 4.93. The van der Waals surface area contributed by atoms with E-state index in [-0.39, 0.29) is 11.7 Å². The molecule has 0 atom stereocenters. The van der Waals surface area contributed by atoms with Crippen molar-refractivity contribution in [1.82, 2.24) is 4.98 Å². The van der Waals surface area contributed by atoms with Crippen LogP contribution in [0.25, 0.3) is 10.9 Å². The Morgan fingerprint density at radius 1 is 1.13 bits per heavy atom. The molecule has 0 spiro atoms. The van der Waals surface area contributed by atoms with Gasteiger partial charge in [0.25, 0.3) is 0 Å². The van der Waals surface area contributed by atoms with Crippen LogP contribution in [0, 0.1) is 11.3 Å². The lowest BCUT2D eigenvalue weighted by Crippen LogP contribution is -2.15. The predicted molar refractivity (Wildman–Crippen MR) is 117 cm³/mol. The maximum absolute atomic E-state index is 12.5. The van der Waals surface area contributed by atoms with E-state index in [9.17, 15) is 10.1 Å². The molecular weight excluding hydrogens is 402 g/mol. The van der Waals surface area contributed by atoms with Gasteiger partial charge >= 0.3 is 0 Å². The van der Waals surface area contributed by atoms with Gasteiger partial charge in [-0.25, -0.2) is 4.98 Å². The molecular formula is C22H21N3O4S. The molecule has 2 aromatic carbocycles. The number of ether oxygens (including phenoxy) is 3. The predicted octanol–water partition coefficient (Wildman–Crippen LogP) is 4.25. The number of fused-ring (bicyclic) bond motifs is 1. The highest BCUT2D eigenvalue weighted by Gasteiger charge is 2.13. The maximum Gasteiger partial charge on any atom is 0.234 e. The van der Waals surface area contributed by atoms with Crippen LogP contribution < -0.4 is 19.5 Å². The van der Waals surface area contributed by atoms with Gasteiger partial charge in [0, 0.05) is 11.5 Å². The number of carbonyl (C=O) groups excluding carboxylic acids is 1. The summed E-state index contributed by atoms with van der Waals surface area (Å²) in [5, 5.41) is 13.6. The average molecular weight is 423 g/mol. The molecule has 0 saturated heterocycles. The number of hydrogen-bond donors (Lipinski definition) is 1. The molecule has 0 unspecified atom stereocenters. The van der Waals surface area contributed by atoms with Gasteiger partial charge in [-0.3, -0.25) is 4.79 Å². The zero-order valence-electron chi connectivity index (χ0n) is 16.9. The number of thioether (sulfide) groups is 1. The van der Waals surface area contributed by atoms with Crippen molar-refractivity contribution < 1.29 is 19.0 Å². The Bertz CT molecular complexity index is 1110. The van der Waals surface area contributed by atoms with Crippen molar-refractivity contribution in [3.8, 4) is 23.3 Å². The number of anilines is 1. The normalized spacial score (nSPS) is 10.3. The molecule has 3 aromatic rings. The second-order valence-electron chi connectivity index (χ2n) is 6.14. The molecule has 1 N–H and O–H groups in total. The Morgan fingerprint density at radius 2 is 1.93 bits per heavy atom. The number of methoxy groups -OCH3 is 2. The molecule has 0 saturated carbocycles. The van der Waals surface area contributed by atoms with Gasteiger partial charge in [0.1, 0.15) is 28.3 Å². The van der Waals surface area contributed by atoms with Gasteiger partial charge in [-0.15, -0.1) is 0 Å². The number of aromatic nitrogens is 1. The number of pyridine rings is 1. The first kappa shape index (κ1) is 21.3. The lowest BCUT2D eigenvalue weighted by molar-refractivity contribution is -0.113. The van der Waals surface area contributed by atoms with E-state index in [2.05, 4.69) is 16.4 Å². The molecule has 0 aliphatic carbocycles. The Labute approximate surface area is 179 Å². The zero-order valence-corrected chi connectivity index (χ0v) is 17.7. The number of nitriles is 1. The van der Waals surface area contributed by atoms with Gasteiger partial charge < -0.3 is 19.5 Å². The molecule has 0 aliphatic heterocycles. The van der Waals surface area contributed by atoms with E-state index in [1.807, 2.05) is 25.1 Å². The van der Waals surface area contributed by atoms with Crippen molar-refractivity contribution in [3.05, 3.63) is 48.0 Å². The summed E-state index contributed by atoms with van der Waals surface area (Å²) in [5.74, 6) is 1.70. The summed E-state index contributed by atoms with van der Waals surface area (Å²) in [4.78, 5) is 17.0. The Hall–Kier alpha value is -3.44. The van der Waals surface area contributed by atoms with E-state index in [4.69, 9.17) is 14.2 Å². The minimum absolute atomic E-state index is 0.0879. The van der Waals surface area contributed by atoms with Crippen molar-refractivity contribution in [2.75, 3.05) is 31.9 Å². The van der Waals surface area contributed by atoms with Crippen LogP contribution in [0.3, 0.4) is 0 Å². The molecule has 3 rings (SSSR count). The lowest BCUT2D eigenvalue weighted by Gasteiger charge is -2.12. The minimum Gasteiger partial charge on any atom is -0.497 e. The Kier molecular flexibility index (Phi) is 6.99. The number of nitrogens with zero attached hydrogens (tertiary/aromatic N) is 2. The highest BCUT2D eigenvalue weighted by Crippen LogP contribution is 2.30. The van der Waals surface area contributed by atoms with Crippen molar-refractivity contribution in [2.24, 2.45) is 0 Å². The molecule has 0 aliphatic rings. The molecule has 8 heteroatoms. The van der Waals surface area contributed by atoms with Gasteiger partial charge in [-0.05, 0) is 43.3 Å². The van der Waals surface area contributed by atoms with Crippen LogP contribution >= 0.6 is 11.8 Å². The standard InChI is InChI=1S/C22H21N3O4S/c1-4-29-17-5-7-18-14(10-17)9-15(12-23)22(25-18)30-13-21(26)24-19-11-16(27-2)6-8-20(19)28-3/h5-11H,4,13H2,1-3H3,(H,24,26). The molecule has 1 aromatic heterocycles. The fourth-order valence-electron chi connectivity index (χ4n) is 2.82. The van der Waals surface area contributed by atoms with Crippen LogP contribution in [0.4, 0.5) is 5.69 Å². The summed E-state index contributed by atoms with van der Waals surface area (Å²) in [6, 6.07) is 14.6. The van der Waals surface area contributed by atoms with Gasteiger partial charge in [-0.1, -0.05) is 11.8 Å². The van der Waals surface area contributed by atoms with Gasteiger partial charge in [0.15, 0.2) is 0 Å². The summed E-state index contributed by atoms with van der Waals surface area (Å²) in [6.07, 6.45) is 0. The first-order valence-electron chi connectivity index (χ1n) is 9.20. The summed E-state index contributed by atoms with van der Waals surface area (Å²) in [7, 11) is 3.08. The van der Waals surface area contributed by atoms with Crippen molar-refractivity contribution >= 4 is 34.3 Å². The third-order valence-corrected chi connectivity index (χ3v) is 5.19. The van der Waals surface area contributed by atoms with E-state index in [0.717, 1.165) is 16.7 Å². The largest absolute Gasteiger partial charge is 0.497 e. The molecule has 1 amide bonds. The SMILES string of the molecule is CCOc1ccc2nc(SCC(=O)Nc3cc(OC)ccc3OC)c(C#N)cc2c1. The molecule has 0 fully saturated rings. The molecule has 0 radical (unpaired) electrons. The van der Waals surface area contributed by atoms with Crippen LogP contribution in [-0.2, 0) is 4.79 Å². The van der Waals surface area contributed by atoms with Gasteiger partial charge in [0.05, 0.1) is 43.3 Å². The second kappa shape index (κ2) is 9.85.